The molecule has 6 nitrogen and oxygen atoms in total. The lowest BCUT2D eigenvalue weighted by Gasteiger charge is -2.40. The summed E-state index contributed by atoms with van der Waals surface area (Å²) in [5.41, 5.74) is 1.23. The van der Waals surface area contributed by atoms with Gasteiger partial charge in [-0.3, -0.25) is 9.79 Å². The van der Waals surface area contributed by atoms with Crippen LogP contribution in [-0.4, -0.2) is 29.7 Å². The number of guanidine groups is 1. The van der Waals surface area contributed by atoms with E-state index >= 15 is 0 Å². The van der Waals surface area contributed by atoms with Crippen molar-refractivity contribution in [3.05, 3.63) is 64.6 Å². The maximum Gasteiger partial charge on any atom is 0.250 e. The molecule has 1 saturated carbocycles. The smallest absolute Gasteiger partial charge is 0.250 e. The van der Waals surface area contributed by atoms with E-state index in [1.807, 2.05) is 19.3 Å². The number of pyridine rings is 1. The third-order valence-corrected chi connectivity index (χ3v) is 6.26. The molecular weight excluding hydrogens is 503 g/mol. The Kier molecular flexibility index (Phi) is 8.40. The van der Waals surface area contributed by atoms with Crippen LogP contribution in [0, 0.1) is 0 Å². The van der Waals surface area contributed by atoms with E-state index in [4.69, 9.17) is 4.74 Å². The van der Waals surface area contributed by atoms with Gasteiger partial charge in [0.15, 0.2) is 5.96 Å². The molecule has 0 saturated heterocycles. The number of halogens is 1. The number of ether oxygens (including phenoxy) is 1. The average Bonchev–Trinajstić information content (AvgIpc) is 3.21. The summed E-state index contributed by atoms with van der Waals surface area (Å²) in [4.78, 5) is 16.2. The van der Waals surface area contributed by atoms with Gasteiger partial charge in [-0.15, -0.1) is 24.0 Å². The maximum absolute atomic E-state index is 11.8. The van der Waals surface area contributed by atoms with E-state index < -0.39 is 0 Å². The summed E-state index contributed by atoms with van der Waals surface area (Å²) in [7, 11) is 1.81. The Balaban J connectivity index is 0.00000272. The number of aliphatic imine (C=N–C) groups is 1. The second kappa shape index (κ2) is 11.0. The van der Waals surface area contributed by atoms with Gasteiger partial charge >= 0.3 is 0 Å². The third-order valence-electron chi connectivity index (χ3n) is 6.26. The minimum absolute atomic E-state index is 0. The van der Waals surface area contributed by atoms with Crippen molar-refractivity contribution < 1.29 is 4.74 Å². The minimum atomic E-state index is -0.0339. The number of hydrogen-bond acceptors (Lipinski definition) is 3. The van der Waals surface area contributed by atoms with Crippen molar-refractivity contribution in [3.63, 3.8) is 0 Å². The van der Waals surface area contributed by atoms with Crippen molar-refractivity contribution in [2.75, 3.05) is 13.6 Å². The highest BCUT2D eigenvalue weighted by atomic mass is 127. The van der Waals surface area contributed by atoms with Crippen LogP contribution >= 0.6 is 24.0 Å². The molecule has 1 atom stereocenters. The monoisotopic (exact) mass is 536 g/mol. The van der Waals surface area contributed by atoms with E-state index in [1.165, 1.54) is 18.4 Å². The number of hydrogen-bond donors (Lipinski definition) is 2. The Bertz CT molecular complexity index is 937. The molecule has 1 aliphatic heterocycles. The first-order valence-corrected chi connectivity index (χ1v) is 11.1. The molecule has 1 fully saturated rings. The van der Waals surface area contributed by atoms with Crippen LogP contribution in [0.5, 0.6) is 5.75 Å². The number of nitrogens with zero attached hydrogens (tertiary/aromatic N) is 2. The number of benzene rings is 1. The SMILES string of the molecule is CN=C(NCCCCn1ccccc1=O)NC1CC2(CCCC2)Oc2ccccc21.I. The molecule has 1 spiro atoms. The van der Waals surface area contributed by atoms with Gasteiger partial charge in [-0.2, -0.15) is 0 Å². The second-order valence-electron chi connectivity index (χ2n) is 8.37. The number of unbranched alkanes of at least 4 members (excludes halogenated alkanes) is 1. The first-order valence-electron chi connectivity index (χ1n) is 11.1. The van der Waals surface area contributed by atoms with Crippen LogP contribution in [0.25, 0.3) is 0 Å². The molecular formula is C24H33IN4O2. The van der Waals surface area contributed by atoms with Crippen molar-refractivity contribution >= 4 is 29.9 Å². The Hall–Kier alpha value is -2.03. The Morgan fingerprint density at radius 3 is 2.71 bits per heavy atom. The lowest BCUT2D eigenvalue weighted by atomic mass is 9.86. The molecule has 0 radical (unpaired) electrons. The summed E-state index contributed by atoms with van der Waals surface area (Å²) < 4.78 is 8.22. The number of fused-ring (bicyclic) bond motifs is 1. The third kappa shape index (κ3) is 5.81. The molecule has 1 aromatic carbocycles. The molecule has 0 amide bonds. The van der Waals surface area contributed by atoms with E-state index in [9.17, 15) is 4.79 Å². The van der Waals surface area contributed by atoms with Crippen LogP contribution in [-0.2, 0) is 6.54 Å². The number of rotatable bonds is 6. The van der Waals surface area contributed by atoms with Crippen molar-refractivity contribution in [3.8, 4) is 5.75 Å². The summed E-state index contributed by atoms with van der Waals surface area (Å²) in [6.07, 6.45) is 9.47. The fourth-order valence-corrected chi connectivity index (χ4v) is 4.69. The summed E-state index contributed by atoms with van der Waals surface area (Å²) in [6.45, 7) is 1.56. The molecule has 1 aromatic heterocycles. The Labute approximate surface area is 201 Å². The number of aryl methyl sites for hydroxylation is 1. The highest BCUT2D eigenvalue weighted by molar-refractivity contribution is 14.0. The quantitative estimate of drug-likeness (QED) is 0.251. The van der Waals surface area contributed by atoms with Crippen molar-refractivity contribution in [1.29, 1.82) is 0 Å². The van der Waals surface area contributed by atoms with Gasteiger partial charge in [-0.05, 0) is 50.7 Å². The summed E-state index contributed by atoms with van der Waals surface area (Å²) >= 11 is 0. The topological polar surface area (TPSA) is 67.7 Å². The van der Waals surface area contributed by atoms with E-state index in [-0.39, 0.29) is 41.2 Å². The van der Waals surface area contributed by atoms with Gasteiger partial charge in [0, 0.05) is 44.4 Å². The summed E-state index contributed by atoms with van der Waals surface area (Å²) in [5, 5.41) is 7.07. The van der Waals surface area contributed by atoms with Gasteiger partial charge < -0.3 is 19.9 Å². The predicted octanol–water partition coefficient (Wildman–Crippen LogP) is 4.25. The molecule has 2 heterocycles. The molecule has 1 aliphatic carbocycles. The van der Waals surface area contributed by atoms with Gasteiger partial charge in [-0.1, -0.05) is 24.3 Å². The largest absolute Gasteiger partial charge is 0.487 e. The predicted molar refractivity (Wildman–Crippen MR) is 135 cm³/mol. The fourth-order valence-electron chi connectivity index (χ4n) is 4.69. The van der Waals surface area contributed by atoms with Crippen LogP contribution in [0.4, 0.5) is 0 Å². The van der Waals surface area contributed by atoms with E-state index in [2.05, 4.69) is 39.9 Å². The number of para-hydroxylation sites is 1. The zero-order valence-corrected chi connectivity index (χ0v) is 20.5. The molecule has 0 bridgehead atoms. The van der Waals surface area contributed by atoms with Gasteiger partial charge in [0.1, 0.15) is 11.4 Å². The van der Waals surface area contributed by atoms with Crippen molar-refractivity contribution in [2.45, 2.75) is 63.1 Å². The zero-order valence-electron chi connectivity index (χ0n) is 18.2. The highest BCUT2D eigenvalue weighted by Gasteiger charge is 2.43. The van der Waals surface area contributed by atoms with E-state index in [1.54, 1.807) is 16.7 Å². The van der Waals surface area contributed by atoms with Crippen molar-refractivity contribution in [1.82, 2.24) is 15.2 Å². The second-order valence-corrected chi connectivity index (χ2v) is 8.37. The molecule has 7 heteroatoms. The maximum atomic E-state index is 11.8. The standard InChI is InChI=1S/C24H32N4O2.HI/c1-25-23(26-15-7-9-17-28-16-8-4-12-22(28)29)27-20-18-24(13-5-6-14-24)30-21-11-3-2-10-19(20)21;/h2-4,8,10-12,16,20H,5-7,9,13-15,17-18H2,1H3,(H2,25,26,27);1H. The van der Waals surface area contributed by atoms with Gasteiger partial charge in [-0.25, -0.2) is 0 Å². The van der Waals surface area contributed by atoms with Crippen LogP contribution in [0.15, 0.2) is 58.4 Å². The molecule has 1 unspecified atom stereocenters. The van der Waals surface area contributed by atoms with Crippen LogP contribution in [0.2, 0.25) is 0 Å². The van der Waals surface area contributed by atoms with Crippen LogP contribution in [0.1, 0.15) is 56.6 Å². The Morgan fingerprint density at radius 2 is 1.94 bits per heavy atom. The lowest BCUT2D eigenvalue weighted by Crippen LogP contribution is -2.46. The first kappa shape index (κ1) is 23.6. The van der Waals surface area contributed by atoms with Crippen molar-refractivity contribution in [2.24, 2.45) is 4.99 Å². The van der Waals surface area contributed by atoms with Gasteiger partial charge in [0.05, 0.1) is 6.04 Å². The number of nitrogens with one attached hydrogen (secondary N) is 2. The molecule has 4 rings (SSSR count). The van der Waals surface area contributed by atoms with Crippen LogP contribution in [0.3, 0.4) is 0 Å². The fraction of sp³-hybridized carbons (Fsp3) is 0.500. The minimum Gasteiger partial charge on any atom is -0.487 e. The summed E-state index contributed by atoms with van der Waals surface area (Å²) in [5.74, 6) is 1.83. The molecule has 168 valence electrons. The van der Waals surface area contributed by atoms with E-state index in [0.29, 0.717) is 0 Å². The molecule has 31 heavy (non-hydrogen) atoms. The molecule has 2 N–H and O–H groups in total. The lowest BCUT2D eigenvalue weighted by molar-refractivity contribution is 0.0396. The molecule has 2 aliphatic rings. The zero-order chi connectivity index (χ0) is 20.8. The van der Waals surface area contributed by atoms with E-state index in [0.717, 1.165) is 56.9 Å². The number of aromatic nitrogens is 1. The highest BCUT2D eigenvalue weighted by Crippen LogP contribution is 2.46. The van der Waals surface area contributed by atoms with Gasteiger partial charge in [0.2, 0.25) is 5.56 Å². The average molecular weight is 536 g/mol. The van der Waals surface area contributed by atoms with Crippen LogP contribution < -0.4 is 20.9 Å². The molecule has 2 aromatic rings. The summed E-state index contributed by atoms with van der Waals surface area (Å²) in [6, 6.07) is 13.8. The normalized spacial score (nSPS) is 19.3. The first-order chi connectivity index (χ1) is 14.7. The van der Waals surface area contributed by atoms with Gasteiger partial charge in [0.25, 0.3) is 0 Å². The Morgan fingerprint density at radius 1 is 1.16 bits per heavy atom.